The van der Waals surface area contributed by atoms with Crippen LogP contribution < -0.4 is 0 Å². The summed E-state index contributed by atoms with van der Waals surface area (Å²) in [4.78, 5) is 12.4. The highest BCUT2D eigenvalue weighted by atomic mass is 16.3. The van der Waals surface area contributed by atoms with Gasteiger partial charge in [-0.1, -0.05) is 6.07 Å². The Balaban J connectivity index is 2.15. The molecule has 2 aliphatic carbocycles. The lowest BCUT2D eigenvalue weighted by Crippen LogP contribution is -2.21. The van der Waals surface area contributed by atoms with E-state index < -0.39 is 0 Å². The van der Waals surface area contributed by atoms with Crippen LogP contribution in [-0.4, -0.2) is 16.0 Å². The number of phenols is 1. The van der Waals surface area contributed by atoms with Crippen LogP contribution in [0.3, 0.4) is 0 Å². The van der Waals surface area contributed by atoms with Gasteiger partial charge in [0.15, 0.2) is 5.78 Å². The number of benzene rings is 1. The molecule has 3 nitrogen and oxygen atoms in total. The molecule has 0 heterocycles. The second-order valence-corrected chi connectivity index (χ2v) is 5.33. The van der Waals surface area contributed by atoms with E-state index in [4.69, 9.17) is 0 Å². The van der Waals surface area contributed by atoms with Gasteiger partial charge < -0.3 is 10.2 Å². The predicted octanol–water partition coefficient (Wildman–Crippen LogP) is 2.97. The third kappa shape index (κ3) is 1.54. The van der Waals surface area contributed by atoms with Crippen molar-refractivity contribution in [3.8, 4) is 5.75 Å². The van der Waals surface area contributed by atoms with Crippen LogP contribution >= 0.6 is 0 Å². The van der Waals surface area contributed by atoms with Crippen molar-refractivity contribution in [1.82, 2.24) is 0 Å². The maximum atomic E-state index is 12.4. The molecule has 0 aromatic heterocycles. The first-order valence-corrected chi connectivity index (χ1v) is 6.35. The normalized spacial score (nSPS) is 26.8. The second kappa shape index (κ2) is 3.87. The van der Waals surface area contributed by atoms with Crippen LogP contribution in [0.1, 0.15) is 30.4 Å². The molecule has 0 saturated heterocycles. The number of rotatable bonds is 1. The van der Waals surface area contributed by atoms with Gasteiger partial charge in [0.25, 0.3) is 0 Å². The lowest BCUT2D eigenvalue weighted by Gasteiger charge is -2.22. The smallest absolute Gasteiger partial charge is 0.169 e. The van der Waals surface area contributed by atoms with Crippen LogP contribution in [-0.2, 0) is 4.79 Å². The summed E-state index contributed by atoms with van der Waals surface area (Å²) >= 11 is 0. The van der Waals surface area contributed by atoms with Crippen molar-refractivity contribution in [1.29, 1.82) is 0 Å². The molecule has 0 radical (unpaired) electrons. The molecule has 2 unspecified atom stereocenters. The van der Waals surface area contributed by atoms with E-state index >= 15 is 0 Å². The maximum Gasteiger partial charge on any atom is 0.169 e. The molecule has 2 aliphatic rings. The van der Waals surface area contributed by atoms with Gasteiger partial charge in [-0.15, -0.1) is 0 Å². The number of aryl methyl sites for hydroxylation is 1. The van der Waals surface area contributed by atoms with E-state index in [-0.39, 0.29) is 29.1 Å². The number of Topliss-reactive ketones (excluding diaryl/α,β-unsaturated/α-hetero) is 1. The number of ketones is 1. The molecule has 1 fully saturated rings. The number of hydrogen-bond acceptors (Lipinski definition) is 3. The van der Waals surface area contributed by atoms with Crippen molar-refractivity contribution >= 4 is 11.4 Å². The first-order valence-electron chi connectivity index (χ1n) is 6.35. The highest BCUT2D eigenvalue weighted by Crippen LogP contribution is 2.45. The van der Waals surface area contributed by atoms with E-state index in [9.17, 15) is 15.0 Å². The fraction of sp³-hybridized carbons (Fsp3) is 0.400. The van der Waals surface area contributed by atoms with Crippen LogP contribution in [0.2, 0.25) is 0 Å². The minimum Gasteiger partial charge on any atom is -0.511 e. The summed E-state index contributed by atoms with van der Waals surface area (Å²) in [6.07, 6.45) is 2.59. The fourth-order valence-electron chi connectivity index (χ4n) is 3.20. The number of carbonyl (C=O) groups is 1. The van der Waals surface area contributed by atoms with E-state index in [0.717, 1.165) is 30.4 Å². The zero-order valence-electron chi connectivity index (χ0n) is 10.3. The Labute approximate surface area is 106 Å². The zero-order valence-corrected chi connectivity index (χ0v) is 10.3. The maximum absolute atomic E-state index is 12.4. The molecule has 0 aliphatic heterocycles. The van der Waals surface area contributed by atoms with Gasteiger partial charge in [0.05, 0.1) is 5.57 Å². The van der Waals surface area contributed by atoms with Crippen molar-refractivity contribution in [2.75, 3.05) is 0 Å². The first kappa shape index (κ1) is 11.3. The Morgan fingerprint density at radius 1 is 1.17 bits per heavy atom. The predicted molar refractivity (Wildman–Crippen MR) is 68.2 cm³/mol. The molecule has 0 amide bonds. The van der Waals surface area contributed by atoms with Gasteiger partial charge in [0.1, 0.15) is 11.5 Å². The van der Waals surface area contributed by atoms with Gasteiger partial charge in [-0.3, -0.25) is 4.79 Å². The summed E-state index contributed by atoms with van der Waals surface area (Å²) in [7, 11) is 0. The van der Waals surface area contributed by atoms with Crippen LogP contribution in [0.25, 0.3) is 5.57 Å². The minimum absolute atomic E-state index is 0.0649. The summed E-state index contributed by atoms with van der Waals surface area (Å²) in [6, 6.07) is 4.91. The van der Waals surface area contributed by atoms with E-state index in [2.05, 4.69) is 0 Å². The molecule has 3 rings (SSSR count). The third-order valence-electron chi connectivity index (χ3n) is 4.17. The SMILES string of the molecule is Cc1cc(O)ccc1C1=C(O)C2CCC(C2)C1=O. The van der Waals surface area contributed by atoms with Crippen molar-refractivity contribution in [3.63, 3.8) is 0 Å². The number of allylic oxidation sites excluding steroid dienone is 2. The topological polar surface area (TPSA) is 57.5 Å². The van der Waals surface area contributed by atoms with Crippen LogP contribution in [0, 0.1) is 18.8 Å². The molecule has 1 aromatic rings. The minimum atomic E-state index is 0.0649. The fourth-order valence-corrected chi connectivity index (χ4v) is 3.20. The standard InChI is InChI=1S/C15H16O3/c1-8-6-11(16)4-5-12(8)13-14(17)9-2-3-10(7-9)15(13)18/h4-6,9-10,16-17H,2-3,7H2,1H3. The van der Waals surface area contributed by atoms with Crippen LogP contribution in [0.5, 0.6) is 5.75 Å². The molecule has 2 atom stereocenters. The lowest BCUT2D eigenvalue weighted by atomic mass is 9.82. The average Bonchev–Trinajstić information content (AvgIpc) is 2.76. The van der Waals surface area contributed by atoms with Gasteiger partial charge in [0.2, 0.25) is 0 Å². The third-order valence-corrected chi connectivity index (χ3v) is 4.17. The number of aliphatic hydroxyl groups is 1. The first-order chi connectivity index (χ1) is 8.58. The lowest BCUT2D eigenvalue weighted by molar-refractivity contribution is -0.117. The summed E-state index contributed by atoms with van der Waals surface area (Å²) in [5.74, 6) is 0.727. The quantitative estimate of drug-likeness (QED) is 0.798. The number of hydrogen-bond donors (Lipinski definition) is 2. The highest BCUT2D eigenvalue weighted by Gasteiger charge is 2.41. The molecule has 94 valence electrons. The monoisotopic (exact) mass is 244 g/mol. The van der Waals surface area contributed by atoms with E-state index in [1.807, 2.05) is 6.92 Å². The molecule has 3 heteroatoms. The molecule has 0 spiro atoms. The highest BCUT2D eigenvalue weighted by molar-refractivity contribution is 6.23. The van der Waals surface area contributed by atoms with Gasteiger partial charge in [-0.25, -0.2) is 0 Å². The molecule has 18 heavy (non-hydrogen) atoms. The summed E-state index contributed by atoms with van der Waals surface area (Å²) in [5, 5.41) is 19.7. The largest absolute Gasteiger partial charge is 0.511 e. The molecule has 2 bridgehead atoms. The Hall–Kier alpha value is -1.77. The van der Waals surface area contributed by atoms with Crippen molar-refractivity contribution in [3.05, 3.63) is 35.1 Å². The molecular formula is C15H16O3. The van der Waals surface area contributed by atoms with Crippen LogP contribution in [0.15, 0.2) is 24.0 Å². The Morgan fingerprint density at radius 2 is 1.89 bits per heavy atom. The summed E-state index contributed by atoms with van der Waals surface area (Å²) in [6.45, 7) is 1.85. The van der Waals surface area contributed by atoms with Gasteiger partial charge in [-0.2, -0.15) is 0 Å². The zero-order chi connectivity index (χ0) is 12.9. The Bertz CT molecular complexity index is 557. The number of aromatic hydroxyl groups is 1. The molecule has 2 N–H and O–H groups in total. The molecular weight excluding hydrogens is 228 g/mol. The number of fused-ring (bicyclic) bond motifs is 2. The number of carbonyl (C=O) groups excluding carboxylic acids is 1. The summed E-state index contributed by atoms with van der Waals surface area (Å²) in [5.41, 5.74) is 2.06. The number of phenolic OH excluding ortho intramolecular Hbond substituents is 1. The van der Waals surface area contributed by atoms with Crippen molar-refractivity contribution in [2.45, 2.75) is 26.2 Å². The Kier molecular flexibility index (Phi) is 2.44. The van der Waals surface area contributed by atoms with E-state index in [1.54, 1.807) is 18.2 Å². The average molecular weight is 244 g/mol. The number of aliphatic hydroxyl groups excluding tert-OH is 1. The van der Waals surface area contributed by atoms with Crippen molar-refractivity contribution in [2.24, 2.45) is 11.8 Å². The van der Waals surface area contributed by atoms with Crippen LogP contribution in [0.4, 0.5) is 0 Å². The van der Waals surface area contributed by atoms with Gasteiger partial charge in [-0.05, 0) is 49.4 Å². The van der Waals surface area contributed by atoms with Gasteiger partial charge >= 0.3 is 0 Å². The second-order valence-electron chi connectivity index (χ2n) is 5.33. The van der Waals surface area contributed by atoms with E-state index in [0.29, 0.717) is 5.57 Å². The molecule has 1 aromatic carbocycles. The van der Waals surface area contributed by atoms with E-state index in [1.165, 1.54) is 0 Å². The summed E-state index contributed by atoms with van der Waals surface area (Å²) < 4.78 is 0. The van der Waals surface area contributed by atoms with Gasteiger partial charge in [0, 0.05) is 11.8 Å². The Morgan fingerprint density at radius 3 is 2.61 bits per heavy atom. The van der Waals surface area contributed by atoms with Crippen molar-refractivity contribution < 1.29 is 15.0 Å². The molecule has 1 saturated carbocycles.